The molecule has 1 aromatic heterocycles. The maximum Gasteiger partial charge on any atom is 0.163 e. The van der Waals surface area contributed by atoms with E-state index >= 15 is 0 Å². The molecule has 0 N–H and O–H groups in total. The molecule has 0 amide bonds. The summed E-state index contributed by atoms with van der Waals surface area (Å²) in [6, 6.07) is 60.1. The van der Waals surface area contributed by atoms with Gasteiger partial charge in [-0.1, -0.05) is 158 Å². The summed E-state index contributed by atoms with van der Waals surface area (Å²) in [6.07, 6.45) is 1.62. The van der Waals surface area contributed by atoms with Crippen molar-refractivity contribution >= 4 is 32.3 Å². The van der Waals surface area contributed by atoms with Crippen LogP contribution in [0.3, 0.4) is 0 Å². The van der Waals surface area contributed by atoms with Crippen molar-refractivity contribution in [3.8, 4) is 56.2 Å². The third-order valence-corrected chi connectivity index (χ3v) is 9.22. The molecule has 0 bridgehead atoms. The van der Waals surface area contributed by atoms with E-state index in [-0.39, 0.29) is 0 Å². The predicted octanol–water partition coefficient (Wildman–Crippen LogP) is 11.7. The SMILES string of the molecule is c1ccc(-c2cccc(-c3ncnc(-c4ccccc4-c4cccc(-c5cccc6c7ccccc7c7ccccc7c56)c4)n3)c2)cc1. The van der Waals surface area contributed by atoms with Gasteiger partial charge in [-0.3, -0.25) is 0 Å². The molecule has 0 aliphatic rings. The van der Waals surface area contributed by atoms with Gasteiger partial charge in [-0.05, 0) is 77.8 Å². The van der Waals surface area contributed by atoms with Crippen molar-refractivity contribution in [2.24, 2.45) is 0 Å². The van der Waals surface area contributed by atoms with Crippen molar-refractivity contribution in [1.82, 2.24) is 15.0 Å². The predicted molar refractivity (Wildman–Crippen MR) is 200 cm³/mol. The van der Waals surface area contributed by atoms with E-state index < -0.39 is 0 Å². The van der Waals surface area contributed by atoms with Crippen LogP contribution in [0.4, 0.5) is 0 Å². The van der Waals surface area contributed by atoms with Crippen LogP contribution in [-0.4, -0.2) is 15.0 Å². The van der Waals surface area contributed by atoms with Gasteiger partial charge in [-0.2, -0.15) is 0 Å². The molecule has 8 aromatic carbocycles. The Morgan fingerprint density at radius 2 is 0.750 bits per heavy atom. The zero-order valence-corrected chi connectivity index (χ0v) is 26.1. The zero-order valence-electron chi connectivity index (χ0n) is 26.1. The van der Waals surface area contributed by atoms with Crippen LogP contribution in [0.15, 0.2) is 176 Å². The highest BCUT2D eigenvalue weighted by atomic mass is 15.0. The Morgan fingerprint density at radius 3 is 1.50 bits per heavy atom. The molecule has 3 heteroatoms. The van der Waals surface area contributed by atoms with Crippen LogP contribution in [0.2, 0.25) is 0 Å². The van der Waals surface area contributed by atoms with Crippen molar-refractivity contribution in [1.29, 1.82) is 0 Å². The second-order valence-electron chi connectivity index (χ2n) is 12.0. The van der Waals surface area contributed by atoms with Gasteiger partial charge in [0.25, 0.3) is 0 Å². The highest BCUT2D eigenvalue weighted by Crippen LogP contribution is 2.41. The lowest BCUT2D eigenvalue weighted by Crippen LogP contribution is -1.97. The minimum Gasteiger partial charge on any atom is -0.217 e. The average Bonchev–Trinajstić information content (AvgIpc) is 3.18. The smallest absolute Gasteiger partial charge is 0.163 e. The van der Waals surface area contributed by atoms with Gasteiger partial charge in [0.05, 0.1) is 0 Å². The van der Waals surface area contributed by atoms with Crippen molar-refractivity contribution in [3.63, 3.8) is 0 Å². The van der Waals surface area contributed by atoms with Crippen molar-refractivity contribution in [2.75, 3.05) is 0 Å². The highest BCUT2D eigenvalue weighted by molar-refractivity contribution is 6.28. The Morgan fingerprint density at radius 1 is 0.292 bits per heavy atom. The molecule has 0 saturated heterocycles. The van der Waals surface area contributed by atoms with Gasteiger partial charge in [0.2, 0.25) is 0 Å². The topological polar surface area (TPSA) is 38.7 Å². The van der Waals surface area contributed by atoms with E-state index in [0.717, 1.165) is 33.4 Å². The first-order valence-corrected chi connectivity index (χ1v) is 16.2. The van der Waals surface area contributed by atoms with E-state index in [1.807, 2.05) is 12.1 Å². The van der Waals surface area contributed by atoms with Gasteiger partial charge in [0, 0.05) is 11.1 Å². The fourth-order valence-corrected chi connectivity index (χ4v) is 7.01. The molecule has 1 heterocycles. The molecule has 0 spiro atoms. The van der Waals surface area contributed by atoms with Gasteiger partial charge in [0.1, 0.15) is 6.33 Å². The molecule has 0 radical (unpaired) electrons. The summed E-state index contributed by atoms with van der Waals surface area (Å²) < 4.78 is 0. The lowest BCUT2D eigenvalue weighted by molar-refractivity contribution is 1.07. The number of aromatic nitrogens is 3. The van der Waals surface area contributed by atoms with Gasteiger partial charge in [-0.25, -0.2) is 15.0 Å². The second-order valence-corrected chi connectivity index (χ2v) is 12.0. The van der Waals surface area contributed by atoms with Crippen LogP contribution in [0.5, 0.6) is 0 Å². The summed E-state index contributed by atoms with van der Waals surface area (Å²) in [4.78, 5) is 14.2. The molecular weight excluding hydrogens is 583 g/mol. The quantitative estimate of drug-likeness (QED) is 0.182. The van der Waals surface area contributed by atoms with Crippen molar-refractivity contribution in [2.45, 2.75) is 0 Å². The first-order chi connectivity index (χ1) is 23.8. The minimum atomic E-state index is 0.647. The molecule has 9 aromatic rings. The van der Waals surface area contributed by atoms with Gasteiger partial charge in [0.15, 0.2) is 11.6 Å². The van der Waals surface area contributed by atoms with Crippen LogP contribution < -0.4 is 0 Å². The summed E-state index contributed by atoms with van der Waals surface area (Å²) in [7, 11) is 0. The molecule has 0 saturated carbocycles. The summed E-state index contributed by atoms with van der Waals surface area (Å²) in [5, 5.41) is 7.63. The number of hydrogen-bond donors (Lipinski definition) is 0. The highest BCUT2D eigenvalue weighted by Gasteiger charge is 2.15. The molecule has 0 atom stereocenters. The van der Waals surface area contributed by atoms with Crippen LogP contribution in [0, 0.1) is 0 Å². The second kappa shape index (κ2) is 11.7. The maximum absolute atomic E-state index is 5.00. The van der Waals surface area contributed by atoms with Crippen LogP contribution >= 0.6 is 0 Å². The molecule has 48 heavy (non-hydrogen) atoms. The number of rotatable bonds is 5. The molecular formula is C45H29N3. The molecule has 0 aliphatic heterocycles. The molecule has 224 valence electrons. The van der Waals surface area contributed by atoms with Crippen LogP contribution in [-0.2, 0) is 0 Å². The van der Waals surface area contributed by atoms with Crippen LogP contribution in [0.1, 0.15) is 0 Å². The third kappa shape index (κ3) is 4.81. The summed E-state index contributed by atoms with van der Waals surface area (Å²) in [5.41, 5.74) is 8.77. The van der Waals surface area contributed by atoms with Gasteiger partial charge < -0.3 is 0 Å². The maximum atomic E-state index is 5.00. The van der Waals surface area contributed by atoms with Crippen molar-refractivity contribution < 1.29 is 0 Å². The first-order valence-electron chi connectivity index (χ1n) is 16.2. The Balaban J connectivity index is 1.16. The van der Waals surface area contributed by atoms with Gasteiger partial charge >= 0.3 is 0 Å². The van der Waals surface area contributed by atoms with E-state index in [9.17, 15) is 0 Å². The third-order valence-electron chi connectivity index (χ3n) is 9.22. The van der Waals surface area contributed by atoms with E-state index in [1.54, 1.807) is 6.33 Å². The fraction of sp³-hybridized carbons (Fsp3) is 0. The summed E-state index contributed by atoms with van der Waals surface area (Å²) >= 11 is 0. The largest absolute Gasteiger partial charge is 0.217 e. The molecule has 9 rings (SSSR count). The van der Waals surface area contributed by atoms with E-state index in [0.29, 0.717) is 11.6 Å². The molecule has 0 aliphatic carbocycles. The van der Waals surface area contributed by atoms with E-state index in [2.05, 4.69) is 168 Å². The average molecular weight is 612 g/mol. The van der Waals surface area contributed by atoms with Gasteiger partial charge in [-0.15, -0.1) is 0 Å². The standard InChI is InChI=1S/C45H29N3/c1-2-13-30(14-3-1)31-15-10-18-34(27-31)44-46-29-47-45(48-44)42-24-9-4-19-35(42)32-16-11-17-33(28-32)36-25-12-26-41-39-21-6-5-20-37(39)38-22-7-8-23-40(38)43(36)41/h1-29H. The molecule has 0 unspecified atom stereocenters. The summed E-state index contributed by atoms with van der Waals surface area (Å²) in [6.45, 7) is 0. The Kier molecular flexibility index (Phi) is 6.80. The van der Waals surface area contributed by atoms with Crippen molar-refractivity contribution in [3.05, 3.63) is 176 Å². The van der Waals surface area contributed by atoms with Crippen LogP contribution in [0.25, 0.3) is 88.5 Å². The Labute approximate surface area is 278 Å². The Hall–Kier alpha value is -6.45. The number of benzene rings is 8. The monoisotopic (exact) mass is 611 g/mol. The number of hydrogen-bond acceptors (Lipinski definition) is 3. The minimum absolute atomic E-state index is 0.647. The van der Waals surface area contributed by atoms with E-state index in [1.165, 1.54) is 43.4 Å². The lowest BCUT2D eigenvalue weighted by Gasteiger charge is -2.15. The molecule has 3 nitrogen and oxygen atoms in total. The fourth-order valence-electron chi connectivity index (χ4n) is 7.01. The number of fused-ring (bicyclic) bond motifs is 6. The first kappa shape index (κ1) is 27.8. The summed E-state index contributed by atoms with van der Waals surface area (Å²) in [5.74, 6) is 1.30. The van der Waals surface area contributed by atoms with E-state index in [4.69, 9.17) is 4.98 Å². The Bertz CT molecular complexity index is 2580. The molecule has 0 fully saturated rings. The zero-order chi connectivity index (χ0) is 31.9. The number of nitrogens with zero attached hydrogens (tertiary/aromatic N) is 3. The normalized spacial score (nSPS) is 11.3. The lowest BCUT2D eigenvalue weighted by atomic mass is 9.88.